The van der Waals surface area contributed by atoms with Gasteiger partial charge in [-0.2, -0.15) is 0 Å². The third-order valence-corrected chi connectivity index (χ3v) is 3.24. The third-order valence-electron chi connectivity index (χ3n) is 3.24. The predicted molar refractivity (Wildman–Crippen MR) is 76.0 cm³/mol. The van der Waals surface area contributed by atoms with Crippen LogP contribution in [0, 0.1) is 5.82 Å². The van der Waals surface area contributed by atoms with Crippen molar-refractivity contribution < 1.29 is 9.13 Å². The van der Waals surface area contributed by atoms with E-state index in [2.05, 4.69) is 31.0 Å². The molecule has 1 aliphatic heterocycles. The molecule has 0 saturated carbocycles. The second kappa shape index (κ2) is 5.88. The lowest BCUT2D eigenvalue weighted by molar-refractivity contribution is -0.127. The molecule has 1 atom stereocenters. The van der Waals surface area contributed by atoms with Crippen molar-refractivity contribution in [3.63, 3.8) is 0 Å². The van der Waals surface area contributed by atoms with Gasteiger partial charge in [0.05, 0.1) is 11.7 Å². The monoisotopic (exact) mass is 266 g/mol. The van der Waals surface area contributed by atoms with Crippen molar-refractivity contribution >= 4 is 5.69 Å². The van der Waals surface area contributed by atoms with E-state index < -0.39 is 0 Å². The van der Waals surface area contributed by atoms with Gasteiger partial charge in [-0.25, -0.2) is 4.39 Å². The number of hydrogen-bond donors (Lipinski definition) is 1. The average molecular weight is 266 g/mol. The van der Waals surface area contributed by atoms with E-state index in [-0.39, 0.29) is 17.5 Å². The normalized spacial score (nSPS) is 23.3. The molecule has 0 amide bonds. The van der Waals surface area contributed by atoms with Crippen LogP contribution in [-0.4, -0.2) is 42.8 Å². The van der Waals surface area contributed by atoms with Crippen molar-refractivity contribution in [3.05, 3.63) is 30.1 Å². The molecule has 1 aromatic carbocycles. The molecule has 1 N–H and O–H groups in total. The van der Waals surface area contributed by atoms with Gasteiger partial charge in [-0.3, -0.25) is 4.90 Å². The van der Waals surface area contributed by atoms with Gasteiger partial charge in [-0.15, -0.1) is 0 Å². The maximum atomic E-state index is 12.8. The van der Waals surface area contributed by atoms with Gasteiger partial charge in [0.2, 0.25) is 0 Å². The summed E-state index contributed by atoms with van der Waals surface area (Å²) in [6.07, 6.45) is 0.273. The second-order valence-electron chi connectivity index (χ2n) is 5.86. The molecule has 1 aliphatic rings. The van der Waals surface area contributed by atoms with Crippen LogP contribution < -0.4 is 5.32 Å². The highest BCUT2D eigenvalue weighted by atomic mass is 19.1. The van der Waals surface area contributed by atoms with Gasteiger partial charge < -0.3 is 10.1 Å². The molecule has 4 heteroatoms. The summed E-state index contributed by atoms with van der Waals surface area (Å²) in [5.41, 5.74) is 0.884. The molecule has 106 valence electrons. The van der Waals surface area contributed by atoms with Gasteiger partial charge in [0.25, 0.3) is 0 Å². The molecule has 0 radical (unpaired) electrons. The molecule has 0 aliphatic carbocycles. The molecule has 1 fully saturated rings. The second-order valence-corrected chi connectivity index (χ2v) is 5.86. The number of halogens is 1. The summed E-state index contributed by atoms with van der Waals surface area (Å²) in [6.45, 7) is 10.1. The molecular weight excluding hydrogens is 243 g/mol. The van der Waals surface area contributed by atoms with Crippen LogP contribution in [0.3, 0.4) is 0 Å². The van der Waals surface area contributed by atoms with Crippen LogP contribution in [0.15, 0.2) is 24.3 Å². The number of nitrogens with one attached hydrogen (secondary N) is 1. The molecule has 1 aromatic rings. The quantitative estimate of drug-likeness (QED) is 0.907. The summed E-state index contributed by atoms with van der Waals surface area (Å²) in [4.78, 5) is 2.41. The van der Waals surface area contributed by atoms with Gasteiger partial charge >= 0.3 is 0 Å². The summed E-state index contributed by atoms with van der Waals surface area (Å²) in [6, 6.07) is 6.48. The maximum Gasteiger partial charge on any atom is 0.123 e. The van der Waals surface area contributed by atoms with E-state index in [1.807, 2.05) is 0 Å². The first-order valence-electron chi connectivity index (χ1n) is 6.84. The highest BCUT2D eigenvalue weighted by Crippen LogP contribution is 2.20. The maximum absolute atomic E-state index is 12.8. The lowest BCUT2D eigenvalue weighted by Gasteiger charge is -2.41. The van der Waals surface area contributed by atoms with Gasteiger partial charge in [-0.1, -0.05) is 0 Å². The van der Waals surface area contributed by atoms with Gasteiger partial charge in [0.1, 0.15) is 5.82 Å². The molecular formula is C15H23FN2O. The summed E-state index contributed by atoms with van der Waals surface area (Å²) < 4.78 is 18.7. The van der Waals surface area contributed by atoms with Crippen LogP contribution >= 0.6 is 0 Å². The number of nitrogens with zero attached hydrogens (tertiary/aromatic N) is 1. The number of hydrogen-bond acceptors (Lipinski definition) is 3. The Hall–Kier alpha value is -1.13. The van der Waals surface area contributed by atoms with Crippen molar-refractivity contribution in [1.29, 1.82) is 0 Å². The van der Waals surface area contributed by atoms with Crippen molar-refractivity contribution in [2.24, 2.45) is 0 Å². The molecule has 1 heterocycles. The Labute approximate surface area is 114 Å². The largest absolute Gasteiger partial charge is 0.384 e. The minimum absolute atomic E-state index is 0.0759. The summed E-state index contributed by atoms with van der Waals surface area (Å²) >= 11 is 0. The Kier molecular flexibility index (Phi) is 4.42. The zero-order valence-electron chi connectivity index (χ0n) is 11.9. The summed E-state index contributed by atoms with van der Waals surface area (Å²) in [5.74, 6) is -0.200. The lowest BCUT2D eigenvalue weighted by atomic mass is 10.1. The van der Waals surface area contributed by atoms with Crippen molar-refractivity contribution in [3.8, 4) is 0 Å². The van der Waals surface area contributed by atoms with Crippen molar-refractivity contribution in [2.45, 2.75) is 32.5 Å². The molecule has 1 saturated heterocycles. The first-order valence-corrected chi connectivity index (χ1v) is 6.84. The highest BCUT2D eigenvalue weighted by Gasteiger charge is 2.30. The molecule has 0 spiro atoms. The van der Waals surface area contributed by atoms with Crippen molar-refractivity contribution in [2.75, 3.05) is 31.5 Å². The minimum atomic E-state index is -0.200. The van der Waals surface area contributed by atoms with Gasteiger partial charge in [-0.05, 0) is 45.0 Å². The number of ether oxygens (including phenoxy) is 1. The highest BCUT2D eigenvalue weighted by molar-refractivity contribution is 5.42. The topological polar surface area (TPSA) is 24.5 Å². The Balaban J connectivity index is 1.77. The summed E-state index contributed by atoms with van der Waals surface area (Å²) in [5, 5.41) is 3.31. The Morgan fingerprint density at radius 3 is 2.68 bits per heavy atom. The zero-order valence-corrected chi connectivity index (χ0v) is 11.9. The fourth-order valence-corrected chi connectivity index (χ4v) is 2.68. The third kappa shape index (κ3) is 4.48. The van der Waals surface area contributed by atoms with Crippen LogP contribution in [0.2, 0.25) is 0 Å². The van der Waals surface area contributed by atoms with Crippen LogP contribution in [0.5, 0.6) is 0 Å². The predicted octanol–water partition coefficient (Wildman–Crippen LogP) is 2.74. The lowest BCUT2D eigenvalue weighted by Crippen LogP contribution is -2.52. The molecule has 0 aromatic heterocycles. The van der Waals surface area contributed by atoms with E-state index in [1.54, 1.807) is 12.1 Å². The first-order chi connectivity index (χ1) is 8.94. The SMILES string of the molecule is CC1CN(CCNc2ccc(F)cc2)CC(C)(C)O1. The van der Waals surface area contributed by atoms with Crippen LogP contribution in [0.25, 0.3) is 0 Å². The fraction of sp³-hybridized carbons (Fsp3) is 0.600. The Morgan fingerprint density at radius 2 is 2.05 bits per heavy atom. The average Bonchev–Trinajstić information content (AvgIpc) is 2.29. The Bertz CT molecular complexity index is 405. The van der Waals surface area contributed by atoms with E-state index in [1.165, 1.54) is 12.1 Å². The van der Waals surface area contributed by atoms with E-state index >= 15 is 0 Å². The zero-order chi connectivity index (χ0) is 13.9. The van der Waals surface area contributed by atoms with E-state index in [4.69, 9.17) is 4.74 Å². The van der Waals surface area contributed by atoms with E-state index in [0.29, 0.717) is 0 Å². The Morgan fingerprint density at radius 1 is 1.37 bits per heavy atom. The van der Waals surface area contributed by atoms with E-state index in [0.717, 1.165) is 31.9 Å². The van der Waals surface area contributed by atoms with Gasteiger partial charge in [0.15, 0.2) is 0 Å². The van der Waals surface area contributed by atoms with Gasteiger partial charge in [0, 0.05) is 31.9 Å². The number of anilines is 1. The molecule has 0 bridgehead atoms. The number of benzene rings is 1. The van der Waals surface area contributed by atoms with Crippen molar-refractivity contribution in [1.82, 2.24) is 4.90 Å². The van der Waals surface area contributed by atoms with Crippen LogP contribution in [0.1, 0.15) is 20.8 Å². The van der Waals surface area contributed by atoms with Crippen LogP contribution in [0.4, 0.5) is 10.1 Å². The minimum Gasteiger partial charge on any atom is -0.384 e. The first kappa shape index (κ1) is 14.3. The van der Waals surface area contributed by atoms with E-state index in [9.17, 15) is 4.39 Å². The van der Waals surface area contributed by atoms with Crippen LogP contribution in [-0.2, 0) is 4.74 Å². The number of morpholine rings is 1. The molecule has 1 unspecified atom stereocenters. The fourth-order valence-electron chi connectivity index (χ4n) is 2.68. The number of rotatable bonds is 4. The molecule has 3 nitrogen and oxygen atoms in total. The molecule has 19 heavy (non-hydrogen) atoms. The molecule has 2 rings (SSSR count). The smallest absolute Gasteiger partial charge is 0.123 e. The standard InChI is InChI=1S/C15H23FN2O/c1-12-10-18(11-15(2,3)19-12)9-8-17-14-6-4-13(16)5-7-14/h4-7,12,17H,8-11H2,1-3H3. The summed E-state index contributed by atoms with van der Waals surface area (Å²) in [7, 11) is 0.